The SMILES string of the molecule is CCc1ccnc(OC)c1NC(=O)C(C)(C)C. The molecule has 0 fully saturated rings. The number of hydrogen-bond acceptors (Lipinski definition) is 3. The number of aromatic nitrogens is 1. The molecule has 0 bridgehead atoms. The highest BCUT2D eigenvalue weighted by Gasteiger charge is 2.23. The summed E-state index contributed by atoms with van der Waals surface area (Å²) in [5.74, 6) is 0.417. The fraction of sp³-hybridized carbons (Fsp3) is 0.538. The van der Waals surface area contributed by atoms with E-state index >= 15 is 0 Å². The maximum atomic E-state index is 12.0. The molecule has 94 valence electrons. The number of carbonyl (C=O) groups excluding carboxylic acids is 1. The predicted molar refractivity (Wildman–Crippen MR) is 68.3 cm³/mol. The van der Waals surface area contributed by atoms with E-state index in [1.54, 1.807) is 13.3 Å². The van der Waals surface area contributed by atoms with E-state index < -0.39 is 5.41 Å². The molecule has 17 heavy (non-hydrogen) atoms. The highest BCUT2D eigenvalue weighted by atomic mass is 16.5. The molecule has 0 atom stereocenters. The van der Waals surface area contributed by atoms with Crippen LogP contribution in [0.5, 0.6) is 5.88 Å². The second-order valence-corrected chi connectivity index (χ2v) is 4.91. The molecule has 0 spiro atoms. The topological polar surface area (TPSA) is 51.2 Å². The lowest BCUT2D eigenvalue weighted by atomic mass is 9.95. The normalized spacial score (nSPS) is 11.1. The Kier molecular flexibility index (Phi) is 4.10. The molecule has 0 radical (unpaired) electrons. The zero-order valence-electron chi connectivity index (χ0n) is 11.1. The van der Waals surface area contributed by atoms with Crippen LogP contribution in [0.25, 0.3) is 0 Å². The first-order chi connectivity index (χ1) is 7.90. The van der Waals surface area contributed by atoms with Crippen LogP contribution in [0.4, 0.5) is 5.69 Å². The van der Waals surface area contributed by atoms with Crippen molar-refractivity contribution in [1.82, 2.24) is 4.98 Å². The van der Waals surface area contributed by atoms with Crippen LogP contribution < -0.4 is 10.1 Å². The Hall–Kier alpha value is -1.58. The van der Waals surface area contributed by atoms with E-state index in [2.05, 4.69) is 10.3 Å². The molecule has 1 aromatic heterocycles. The number of amides is 1. The number of hydrogen-bond donors (Lipinski definition) is 1. The van der Waals surface area contributed by atoms with Crippen molar-refractivity contribution in [3.8, 4) is 5.88 Å². The molecule has 1 amide bonds. The van der Waals surface area contributed by atoms with Gasteiger partial charge in [-0.1, -0.05) is 27.7 Å². The molecular formula is C13H20N2O2. The number of pyridine rings is 1. The smallest absolute Gasteiger partial charge is 0.237 e. The Morgan fingerprint density at radius 2 is 2.12 bits per heavy atom. The standard InChI is InChI=1S/C13H20N2O2/c1-6-9-7-8-14-11(17-5)10(9)15-12(16)13(2,3)4/h7-8H,6H2,1-5H3,(H,15,16). The van der Waals surface area contributed by atoms with E-state index in [4.69, 9.17) is 4.74 Å². The molecule has 0 unspecified atom stereocenters. The largest absolute Gasteiger partial charge is 0.480 e. The van der Waals surface area contributed by atoms with Gasteiger partial charge in [-0.25, -0.2) is 4.98 Å². The molecule has 0 aromatic carbocycles. The zero-order valence-corrected chi connectivity index (χ0v) is 11.1. The molecule has 0 saturated heterocycles. The second-order valence-electron chi connectivity index (χ2n) is 4.91. The van der Waals surface area contributed by atoms with E-state index in [9.17, 15) is 4.79 Å². The fourth-order valence-corrected chi connectivity index (χ4v) is 1.36. The number of carbonyl (C=O) groups is 1. The molecule has 4 heteroatoms. The van der Waals surface area contributed by atoms with Crippen LogP contribution in [0, 0.1) is 5.41 Å². The van der Waals surface area contributed by atoms with Crippen molar-refractivity contribution in [3.63, 3.8) is 0 Å². The summed E-state index contributed by atoms with van der Waals surface area (Å²) in [4.78, 5) is 16.1. The lowest BCUT2D eigenvalue weighted by Gasteiger charge is -2.20. The van der Waals surface area contributed by atoms with Gasteiger partial charge in [0.05, 0.1) is 7.11 Å². The summed E-state index contributed by atoms with van der Waals surface area (Å²) < 4.78 is 5.18. The number of methoxy groups -OCH3 is 1. The van der Waals surface area contributed by atoms with Crippen molar-refractivity contribution in [2.75, 3.05) is 12.4 Å². The Morgan fingerprint density at radius 1 is 1.47 bits per heavy atom. The second kappa shape index (κ2) is 5.17. The molecule has 1 aromatic rings. The van der Waals surface area contributed by atoms with Crippen LogP contribution in [0.3, 0.4) is 0 Å². The number of aryl methyl sites for hydroxylation is 1. The zero-order chi connectivity index (χ0) is 13.1. The van der Waals surface area contributed by atoms with Gasteiger partial charge in [0.15, 0.2) is 0 Å². The van der Waals surface area contributed by atoms with Crippen LogP contribution in [0.2, 0.25) is 0 Å². The quantitative estimate of drug-likeness (QED) is 0.877. The first-order valence-electron chi connectivity index (χ1n) is 5.73. The third-order valence-corrected chi connectivity index (χ3v) is 2.50. The predicted octanol–water partition coefficient (Wildman–Crippen LogP) is 2.64. The van der Waals surface area contributed by atoms with Gasteiger partial charge >= 0.3 is 0 Å². The average Bonchev–Trinajstić information content (AvgIpc) is 2.28. The third-order valence-electron chi connectivity index (χ3n) is 2.50. The number of rotatable bonds is 3. The Labute approximate surface area is 102 Å². The van der Waals surface area contributed by atoms with Crippen molar-refractivity contribution in [2.45, 2.75) is 34.1 Å². The molecule has 0 saturated carbocycles. The number of nitrogens with zero attached hydrogens (tertiary/aromatic N) is 1. The number of ether oxygens (including phenoxy) is 1. The third kappa shape index (κ3) is 3.19. The summed E-state index contributed by atoms with van der Waals surface area (Å²) in [5.41, 5.74) is 1.26. The summed E-state index contributed by atoms with van der Waals surface area (Å²) in [7, 11) is 1.55. The maximum absolute atomic E-state index is 12.0. The van der Waals surface area contributed by atoms with Gasteiger partial charge in [-0.3, -0.25) is 4.79 Å². The summed E-state index contributed by atoms with van der Waals surface area (Å²) in [6.07, 6.45) is 2.50. The minimum Gasteiger partial charge on any atom is -0.480 e. The Bertz CT molecular complexity index is 386. The molecule has 1 rings (SSSR count). The van der Waals surface area contributed by atoms with E-state index in [-0.39, 0.29) is 5.91 Å². The van der Waals surface area contributed by atoms with Crippen molar-refractivity contribution < 1.29 is 9.53 Å². The number of anilines is 1. The molecule has 0 aliphatic heterocycles. The van der Waals surface area contributed by atoms with Crippen LogP contribution in [0.1, 0.15) is 33.3 Å². The van der Waals surface area contributed by atoms with Gasteiger partial charge in [-0.05, 0) is 18.1 Å². The van der Waals surface area contributed by atoms with Gasteiger partial charge in [0.25, 0.3) is 0 Å². The summed E-state index contributed by atoms with van der Waals surface area (Å²) in [5, 5.41) is 2.89. The first-order valence-corrected chi connectivity index (χ1v) is 5.73. The molecular weight excluding hydrogens is 216 g/mol. The molecule has 1 heterocycles. The monoisotopic (exact) mass is 236 g/mol. The Balaban J connectivity index is 3.08. The van der Waals surface area contributed by atoms with Crippen LogP contribution >= 0.6 is 0 Å². The van der Waals surface area contributed by atoms with Crippen molar-refractivity contribution in [3.05, 3.63) is 17.8 Å². The van der Waals surface area contributed by atoms with Crippen molar-refractivity contribution in [1.29, 1.82) is 0 Å². The van der Waals surface area contributed by atoms with E-state index in [0.717, 1.165) is 12.0 Å². The van der Waals surface area contributed by atoms with Crippen LogP contribution in [0.15, 0.2) is 12.3 Å². The molecule has 0 aliphatic carbocycles. The lowest BCUT2D eigenvalue weighted by Crippen LogP contribution is -2.28. The van der Waals surface area contributed by atoms with Gasteiger partial charge in [0.1, 0.15) is 5.69 Å². The van der Waals surface area contributed by atoms with Crippen molar-refractivity contribution in [2.24, 2.45) is 5.41 Å². The first kappa shape index (κ1) is 13.5. The minimum absolute atomic E-state index is 0.0431. The van der Waals surface area contributed by atoms with Crippen molar-refractivity contribution >= 4 is 11.6 Å². The average molecular weight is 236 g/mol. The Morgan fingerprint density at radius 3 is 2.59 bits per heavy atom. The maximum Gasteiger partial charge on any atom is 0.237 e. The lowest BCUT2D eigenvalue weighted by molar-refractivity contribution is -0.123. The van der Waals surface area contributed by atoms with Gasteiger partial charge in [-0.15, -0.1) is 0 Å². The van der Waals surface area contributed by atoms with Gasteiger partial charge in [0, 0.05) is 11.6 Å². The van der Waals surface area contributed by atoms with E-state index in [1.165, 1.54) is 0 Å². The van der Waals surface area contributed by atoms with Gasteiger partial charge in [-0.2, -0.15) is 0 Å². The summed E-state index contributed by atoms with van der Waals surface area (Å²) >= 11 is 0. The van der Waals surface area contributed by atoms with Crippen LogP contribution in [-0.2, 0) is 11.2 Å². The summed E-state index contributed by atoms with van der Waals surface area (Å²) in [6.45, 7) is 7.64. The number of nitrogens with one attached hydrogen (secondary N) is 1. The van der Waals surface area contributed by atoms with Gasteiger partial charge in [0.2, 0.25) is 11.8 Å². The summed E-state index contributed by atoms with van der Waals surface area (Å²) in [6, 6.07) is 1.89. The van der Waals surface area contributed by atoms with E-state index in [1.807, 2.05) is 33.8 Å². The molecule has 0 aliphatic rings. The fourth-order valence-electron chi connectivity index (χ4n) is 1.36. The highest BCUT2D eigenvalue weighted by Crippen LogP contribution is 2.28. The highest BCUT2D eigenvalue weighted by molar-refractivity contribution is 5.96. The minimum atomic E-state index is -0.439. The van der Waals surface area contributed by atoms with Crippen LogP contribution in [-0.4, -0.2) is 18.0 Å². The van der Waals surface area contributed by atoms with E-state index in [0.29, 0.717) is 11.6 Å². The molecule has 4 nitrogen and oxygen atoms in total. The van der Waals surface area contributed by atoms with Gasteiger partial charge < -0.3 is 10.1 Å². The molecule has 1 N–H and O–H groups in total.